The van der Waals surface area contributed by atoms with E-state index < -0.39 is 28.3 Å². The first-order valence-electron chi connectivity index (χ1n) is 4.14. The summed E-state index contributed by atoms with van der Waals surface area (Å²) in [5.74, 6) is -0.912. The summed E-state index contributed by atoms with van der Waals surface area (Å²) in [6.45, 7) is 1.24. The molecular weight excluding hydrogens is 318 g/mol. The molecule has 0 aromatic heterocycles. The van der Waals surface area contributed by atoms with Crippen molar-refractivity contribution < 1.29 is 31.1 Å². The molecule has 0 aliphatic rings. The Hall–Kier alpha value is -0.920. The van der Waals surface area contributed by atoms with Gasteiger partial charge in [0.1, 0.15) is 5.75 Å². The molecule has 0 radical (unpaired) electrons. The number of ether oxygens (including phenoxy) is 1. The highest BCUT2D eigenvalue weighted by atomic mass is 79.9. The molecule has 17 heavy (non-hydrogen) atoms. The topological polar surface area (TPSA) is 9.23 Å². The molecule has 0 atom stereocenters. The van der Waals surface area contributed by atoms with Gasteiger partial charge in [0.15, 0.2) is 0 Å². The van der Waals surface area contributed by atoms with Crippen LogP contribution >= 0.6 is 15.9 Å². The summed E-state index contributed by atoms with van der Waals surface area (Å²) in [7, 11) is 0. The summed E-state index contributed by atoms with van der Waals surface area (Å²) < 4.78 is 76.0. The zero-order chi connectivity index (χ0) is 13.4. The summed E-state index contributed by atoms with van der Waals surface area (Å²) in [5.41, 5.74) is -1.20. The fourth-order valence-electron chi connectivity index (χ4n) is 1.14. The molecule has 0 unspecified atom stereocenters. The first-order chi connectivity index (χ1) is 7.50. The van der Waals surface area contributed by atoms with E-state index in [0.29, 0.717) is 0 Å². The van der Waals surface area contributed by atoms with Gasteiger partial charge in [0.05, 0.1) is 10.0 Å². The Morgan fingerprint density at radius 3 is 2.00 bits per heavy atom. The van der Waals surface area contributed by atoms with Crippen LogP contribution < -0.4 is 4.74 Å². The number of halogens is 7. The Kier molecular flexibility index (Phi) is 3.66. The molecule has 96 valence electrons. The van der Waals surface area contributed by atoms with Gasteiger partial charge in [0, 0.05) is 0 Å². The van der Waals surface area contributed by atoms with Crippen molar-refractivity contribution in [2.75, 3.05) is 0 Å². The van der Waals surface area contributed by atoms with Gasteiger partial charge in [-0.3, -0.25) is 0 Å². The van der Waals surface area contributed by atoms with E-state index in [-0.39, 0.29) is 5.56 Å². The zero-order valence-corrected chi connectivity index (χ0v) is 9.79. The van der Waals surface area contributed by atoms with Gasteiger partial charge in [0.25, 0.3) is 0 Å². The van der Waals surface area contributed by atoms with E-state index in [0.717, 1.165) is 12.1 Å². The normalized spacial score (nSPS) is 12.7. The molecule has 0 bridgehead atoms. The molecule has 1 aromatic carbocycles. The smallest absolute Gasteiger partial charge is 0.405 e. The van der Waals surface area contributed by atoms with Crippen molar-refractivity contribution in [2.24, 2.45) is 0 Å². The van der Waals surface area contributed by atoms with Crippen LogP contribution in [0.4, 0.5) is 26.3 Å². The molecule has 0 saturated heterocycles. The Labute approximate surface area is 101 Å². The second-order valence-corrected chi connectivity index (χ2v) is 3.96. The summed E-state index contributed by atoms with van der Waals surface area (Å²) in [6, 6.07) is 1.60. The molecule has 0 saturated carbocycles. The third kappa shape index (κ3) is 3.79. The van der Waals surface area contributed by atoms with Gasteiger partial charge < -0.3 is 4.74 Å². The maximum Gasteiger partial charge on any atom is 0.573 e. The monoisotopic (exact) mass is 322 g/mol. The molecule has 8 heteroatoms. The van der Waals surface area contributed by atoms with E-state index in [1.54, 1.807) is 0 Å². The van der Waals surface area contributed by atoms with Crippen LogP contribution in [0.15, 0.2) is 16.6 Å². The molecule has 1 rings (SSSR count). The summed E-state index contributed by atoms with van der Waals surface area (Å²) in [5, 5.41) is 0. The number of rotatable bonds is 1. The van der Waals surface area contributed by atoms with Crippen molar-refractivity contribution in [1.82, 2.24) is 0 Å². The van der Waals surface area contributed by atoms with Crippen LogP contribution in [0, 0.1) is 6.92 Å². The molecule has 1 aromatic rings. The lowest BCUT2D eigenvalue weighted by Crippen LogP contribution is -2.18. The third-order valence-corrected chi connectivity index (χ3v) is 2.53. The second kappa shape index (κ2) is 4.40. The van der Waals surface area contributed by atoms with Crippen LogP contribution in [0.2, 0.25) is 0 Å². The van der Waals surface area contributed by atoms with Crippen molar-refractivity contribution >= 4 is 15.9 Å². The van der Waals surface area contributed by atoms with Crippen molar-refractivity contribution in [3.05, 3.63) is 27.7 Å². The number of hydrogen-bond donors (Lipinski definition) is 0. The van der Waals surface area contributed by atoms with E-state index in [2.05, 4.69) is 20.7 Å². The van der Waals surface area contributed by atoms with Crippen molar-refractivity contribution in [1.29, 1.82) is 0 Å². The number of hydrogen-bond acceptors (Lipinski definition) is 1. The minimum atomic E-state index is -5.04. The minimum absolute atomic E-state index is 0.0137. The quantitative estimate of drug-likeness (QED) is 0.682. The predicted octanol–water partition coefficient (Wildman–Crippen LogP) is 4.67. The highest BCUT2D eigenvalue weighted by molar-refractivity contribution is 9.10. The van der Waals surface area contributed by atoms with E-state index >= 15 is 0 Å². The van der Waals surface area contributed by atoms with Crippen molar-refractivity contribution in [3.63, 3.8) is 0 Å². The molecule has 1 nitrogen and oxygen atoms in total. The van der Waals surface area contributed by atoms with Crippen molar-refractivity contribution in [2.45, 2.75) is 19.5 Å². The lowest BCUT2D eigenvalue weighted by atomic mass is 10.1. The summed E-state index contributed by atoms with van der Waals surface area (Å²) in [6.07, 6.45) is -9.80. The van der Waals surface area contributed by atoms with Crippen LogP contribution in [0.5, 0.6) is 5.75 Å². The van der Waals surface area contributed by atoms with Gasteiger partial charge in [-0.05, 0) is 40.5 Å². The highest BCUT2D eigenvalue weighted by Gasteiger charge is 2.37. The van der Waals surface area contributed by atoms with Crippen LogP contribution in [0.1, 0.15) is 11.1 Å². The van der Waals surface area contributed by atoms with Gasteiger partial charge in [-0.25, -0.2) is 0 Å². The largest absolute Gasteiger partial charge is 0.573 e. The lowest BCUT2D eigenvalue weighted by Gasteiger charge is -2.15. The SMILES string of the molecule is Cc1cc(OC(F)(F)F)c(Br)c(C(F)(F)F)c1. The standard InChI is InChI=1S/C9H5BrF6O/c1-4-2-5(8(11,12)13)7(10)6(3-4)17-9(14,15)16/h2-3H,1H3. The van der Waals surface area contributed by atoms with Gasteiger partial charge >= 0.3 is 12.5 Å². The van der Waals surface area contributed by atoms with Crippen LogP contribution in [0.3, 0.4) is 0 Å². The van der Waals surface area contributed by atoms with Gasteiger partial charge in [0.2, 0.25) is 0 Å². The summed E-state index contributed by atoms with van der Waals surface area (Å²) in [4.78, 5) is 0. The summed E-state index contributed by atoms with van der Waals surface area (Å²) >= 11 is 2.46. The predicted molar refractivity (Wildman–Crippen MR) is 50.6 cm³/mol. The maximum atomic E-state index is 12.5. The van der Waals surface area contributed by atoms with Gasteiger partial charge in [-0.2, -0.15) is 13.2 Å². The van der Waals surface area contributed by atoms with Crippen molar-refractivity contribution in [3.8, 4) is 5.75 Å². The number of alkyl halides is 6. The van der Waals surface area contributed by atoms with E-state index in [4.69, 9.17) is 0 Å². The Morgan fingerprint density at radius 2 is 1.59 bits per heavy atom. The molecule has 0 heterocycles. The fourth-order valence-corrected chi connectivity index (χ4v) is 1.68. The molecule has 0 N–H and O–H groups in total. The first-order valence-corrected chi connectivity index (χ1v) is 4.93. The molecule has 0 amide bonds. The lowest BCUT2D eigenvalue weighted by molar-refractivity contribution is -0.275. The fraction of sp³-hybridized carbons (Fsp3) is 0.333. The Bertz CT molecular complexity index is 423. The highest BCUT2D eigenvalue weighted by Crippen LogP contribution is 2.41. The van der Waals surface area contributed by atoms with Crippen LogP contribution in [-0.4, -0.2) is 6.36 Å². The number of aryl methyl sites for hydroxylation is 1. The van der Waals surface area contributed by atoms with E-state index in [1.807, 2.05) is 0 Å². The van der Waals surface area contributed by atoms with E-state index in [1.165, 1.54) is 6.92 Å². The molecule has 0 fully saturated rings. The molecule has 0 spiro atoms. The maximum absolute atomic E-state index is 12.5. The second-order valence-electron chi connectivity index (χ2n) is 3.17. The number of benzene rings is 1. The molecule has 0 aliphatic carbocycles. The molecule has 0 aliphatic heterocycles. The van der Waals surface area contributed by atoms with Crippen LogP contribution in [0.25, 0.3) is 0 Å². The average molecular weight is 323 g/mol. The van der Waals surface area contributed by atoms with Crippen LogP contribution in [-0.2, 0) is 6.18 Å². The zero-order valence-electron chi connectivity index (χ0n) is 8.21. The Morgan fingerprint density at radius 1 is 1.06 bits per heavy atom. The minimum Gasteiger partial charge on any atom is -0.405 e. The van der Waals surface area contributed by atoms with Gasteiger partial charge in [-0.1, -0.05) is 0 Å². The first kappa shape index (κ1) is 14.1. The average Bonchev–Trinajstić information content (AvgIpc) is 2.06. The van der Waals surface area contributed by atoms with Gasteiger partial charge in [-0.15, -0.1) is 13.2 Å². The Balaban J connectivity index is 3.29. The van der Waals surface area contributed by atoms with E-state index in [9.17, 15) is 26.3 Å². The molecular formula is C9H5BrF6O. The third-order valence-electron chi connectivity index (χ3n) is 1.71.